The van der Waals surface area contributed by atoms with Crippen LogP contribution in [0.25, 0.3) is 0 Å². The second-order valence-corrected chi connectivity index (χ2v) is 3.78. The van der Waals surface area contributed by atoms with E-state index in [9.17, 15) is 4.79 Å². The molecule has 1 unspecified atom stereocenters. The highest BCUT2D eigenvalue weighted by molar-refractivity contribution is 5.11. The first-order valence-electron chi connectivity index (χ1n) is 5.26. The Morgan fingerprint density at radius 1 is 1.57 bits per heavy atom. The highest BCUT2D eigenvalue weighted by Gasteiger charge is 2.15. The van der Waals surface area contributed by atoms with Gasteiger partial charge in [-0.05, 0) is 26.2 Å². The van der Waals surface area contributed by atoms with Crippen molar-refractivity contribution in [1.82, 2.24) is 9.78 Å². The molecule has 0 spiro atoms. The average molecular weight is 192 g/mol. The number of aromatic amines is 1. The number of hydrogen-bond donors (Lipinski definition) is 1. The molecule has 3 heteroatoms. The lowest BCUT2D eigenvalue weighted by Crippen LogP contribution is -2.13. The first-order chi connectivity index (χ1) is 6.81. The Bertz CT molecular complexity index is 386. The summed E-state index contributed by atoms with van der Waals surface area (Å²) in [5.74, 6) is 0.514. The Labute approximate surface area is 83.4 Å². The van der Waals surface area contributed by atoms with E-state index in [0.717, 1.165) is 31.5 Å². The Kier molecular flexibility index (Phi) is 2.57. The Morgan fingerprint density at radius 2 is 2.43 bits per heavy atom. The molecule has 0 amide bonds. The largest absolute Gasteiger partial charge is 0.299 e. The van der Waals surface area contributed by atoms with E-state index in [2.05, 4.69) is 17.3 Å². The summed E-state index contributed by atoms with van der Waals surface area (Å²) >= 11 is 0. The van der Waals surface area contributed by atoms with Gasteiger partial charge in [-0.1, -0.05) is 12.2 Å². The lowest BCUT2D eigenvalue weighted by atomic mass is 9.92. The van der Waals surface area contributed by atoms with Crippen LogP contribution in [-0.2, 0) is 6.54 Å². The first kappa shape index (κ1) is 9.31. The van der Waals surface area contributed by atoms with Crippen molar-refractivity contribution < 1.29 is 0 Å². The van der Waals surface area contributed by atoms with Crippen LogP contribution in [0.4, 0.5) is 0 Å². The molecular weight excluding hydrogens is 176 g/mol. The summed E-state index contributed by atoms with van der Waals surface area (Å²) < 4.78 is 1.66. The maximum absolute atomic E-state index is 11.4. The molecule has 1 aliphatic carbocycles. The summed E-state index contributed by atoms with van der Waals surface area (Å²) in [6, 6.07) is 1.74. The van der Waals surface area contributed by atoms with Gasteiger partial charge in [0.2, 0.25) is 0 Å². The van der Waals surface area contributed by atoms with E-state index < -0.39 is 0 Å². The van der Waals surface area contributed by atoms with Gasteiger partial charge in [-0.3, -0.25) is 14.6 Å². The molecule has 1 aromatic rings. The Hall–Kier alpha value is -1.25. The average Bonchev–Trinajstić information content (AvgIpc) is 2.61. The van der Waals surface area contributed by atoms with Crippen molar-refractivity contribution in [2.75, 3.05) is 0 Å². The molecule has 0 radical (unpaired) electrons. The minimum Gasteiger partial charge on any atom is -0.299 e. The maximum Gasteiger partial charge on any atom is 0.266 e. The van der Waals surface area contributed by atoms with Crippen LogP contribution in [0.1, 0.15) is 37.8 Å². The van der Waals surface area contributed by atoms with Gasteiger partial charge >= 0.3 is 0 Å². The highest BCUT2D eigenvalue weighted by Crippen LogP contribution is 2.26. The van der Waals surface area contributed by atoms with Crippen molar-refractivity contribution in [3.8, 4) is 0 Å². The van der Waals surface area contributed by atoms with Crippen molar-refractivity contribution in [1.29, 1.82) is 0 Å². The Morgan fingerprint density at radius 3 is 3.00 bits per heavy atom. The summed E-state index contributed by atoms with van der Waals surface area (Å²) in [6.45, 7) is 2.70. The van der Waals surface area contributed by atoms with Crippen molar-refractivity contribution >= 4 is 0 Å². The molecular formula is C11H16N2O. The zero-order valence-corrected chi connectivity index (χ0v) is 8.49. The fourth-order valence-corrected chi connectivity index (χ4v) is 1.97. The van der Waals surface area contributed by atoms with Gasteiger partial charge in [-0.2, -0.15) is 0 Å². The number of aromatic nitrogens is 2. The predicted octanol–water partition coefficient (Wildman–Crippen LogP) is 2.02. The summed E-state index contributed by atoms with van der Waals surface area (Å²) in [4.78, 5) is 11.4. The van der Waals surface area contributed by atoms with Crippen LogP contribution in [0.15, 0.2) is 23.0 Å². The third-order valence-electron chi connectivity index (χ3n) is 2.83. The van der Waals surface area contributed by atoms with E-state index in [4.69, 9.17) is 0 Å². The minimum atomic E-state index is 0.0945. The first-order valence-corrected chi connectivity index (χ1v) is 5.26. The standard InChI is InChI=1S/C11H16N2O/c1-2-13-11(14)8-10(12-13)9-6-4-3-5-7-9/h3-4,8-9,12H,2,5-7H2,1H3. The zero-order valence-electron chi connectivity index (χ0n) is 8.49. The van der Waals surface area contributed by atoms with Crippen LogP contribution in [0.5, 0.6) is 0 Å². The molecule has 1 heterocycles. The number of aryl methyl sites for hydroxylation is 1. The highest BCUT2D eigenvalue weighted by atomic mass is 16.1. The summed E-state index contributed by atoms with van der Waals surface area (Å²) in [5.41, 5.74) is 1.19. The monoisotopic (exact) mass is 192 g/mol. The van der Waals surface area contributed by atoms with Gasteiger partial charge in [-0.25, -0.2) is 0 Å². The lowest BCUT2D eigenvalue weighted by Gasteiger charge is -2.15. The van der Waals surface area contributed by atoms with Crippen LogP contribution in [-0.4, -0.2) is 9.78 Å². The zero-order chi connectivity index (χ0) is 9.97. The third-order valence-corrected chi connectivity index (χ3v) is 2.83. The SMILES string of the molecule is CCn1[nH]c(C2CC=CCC2)cc1=O. The molecule has 14 heavy (non-hydrogen) atoms. The second-order valence-electron chi connectivity index (χ2n) is 3.78. The summed E-state index contributed by atoms with van der Waals surface area (Å²) in [5, 5.41) is 3.17. The lowest BCUT2D eigenvalue weighted by molar-refractivity contribution is 0.566. The predicted molar refractivity (Wildman–Crippen MR) is 56.5 cm³/mol. The van der Waals surface area contributed by atoms with Gasteiger partial charge in [0.15, 0.2) is 0 Å². The molecule has 0 fully saturated rings. The molecule has 76 valence electrons. The Balaban J connectivity index is 2.23. The van der Waals surface area contributed by atoms with E-state index in [0.29, 0.717) is 5.92 Å². The molecule has 0 saturated carbocycles. The molecule has 0 aliphatic heterocycles. The van der Waals surface area contributed by atoms with Gasteiger partial charge < -0.3 is 0 Å². The topological polar surface area (TPSA) is 37.8 Å². The fraction of sp³-hybridized carbons (Fsp3) is 0.545. The number of nitrogens with one attached hydrogen (secondary N) is 1. The van der Waals surface area contributed by atoms with Gasteiger partial charge in [-0.15, -0.1) is 0 Å². The van der Waals surface area contributed by atoms with E-state index >= 15 is 0 Å². The molecule has 0 bridgehead atoms. The van der Waals surface area contributed by atoms with Crippen LogP contribution in [0, 0.1) is 0 Å². The van der Waals surface area contributed by atoms with Crippen LogP contribution in [0.3, 0.4) is 0 Å². The molecule has 1 N–H and O–H groups in total. The number of rotatable bonds is 2. The summed E-state index contributed by atoms with van der Waals surface area (Å²) in [7, 11) is 0. The molecule has 0 saturated heterocycles. The number of allylic oxidation sites excluding steroid dienone is 2. The molecule has 1 atom stereocenters. The molecule has 3 nitrogen and oxygen atoms in total. The maximum atomic E-state index is 11.4. The number of H-pyrrole nitrogens is 1. The van der Waals surface area contributed by atoms with E-state index in [1.54, 1.807) is 10.7 Å². The summed E-state index contributed by atoms with van der Waals surface area (Å²) in [6.07, 6.45) is 7.76. The number of hydrogen-bond acceptors (Lipinski definition) is 1. The smallest absolute Gasteiger partial charge is 0.266 e. The van der Waals surface area contributed by atoms with Crippen molar-refractivity contribution in [3.63, 3.8) is 0 Å². The van der Waals surface area contributed by atoms with Gasteiger partial charge in [0.1, 0.15) is 0 Å². The van der Waals surface area contributed by atoms with Crippen LogP contribution < -0.4 is 5.56 Å². The number of nitrogens with zero attached hydrogens (tertiary/aromatic N) is 1. The van der Waals surface area contributed by atoms with Crippen LogP contribution >= 0.6 is 0 Å². The molecule has 0 aromatic carbocycles. The fourth-order valence-electron chi connectivity index (χ4n) is 1.97. The minimum absolute atomic E-state index is 0.0945. The van der Waals surface area contributed by atoms with Gasteiger partial charge in [0.25, 0.3) is 5.56 Å². The van der Waals surface area contributed by atoms with E-state index in [1.807, 2.05) is 6.92 Å². The van der Waals surface area contributed by atoms with E-state index in [1.165, 1.54) is 0 Å². The van der Waals surface area contributed by atoms with Crippen molar-refractivity contribution in [3.05, 3.63) is 34.3 Å². The van der Waals surface area contributed by atoms with Crippen LogP contribution in [0.2, 0.25) is 0 Å². The van der Waals surface area contributed by atoms with Crippen molar-refractivity contribution in [2.45, 2.75) is 38.6 Å². The third kappa shape index (κ3) is 1.67. The normalized spacial score (nSPS) is 21.4. The van der Waals surface area contributed by atoms with E-state index in [-0.39, 0.29) is 5.56 Å². The van der Waals surface area contributed by atoms with Gasteiger partial charge in [0, 0.05) is 24.2 Å². The molecule has 1 aromatic heterocycles. The molecule has 1 aliphatic rings. The molecule has 2 rings (SSSR count). The van der Waals surface area contributed by atoms with Gasteiger partial charge in [0.05, 0.1) is 0 Å². The quantitative estimate of drug-likeness (QED) is 0.715. The second kappa shape index (κ2) is 3.86. The van der Waals surface area contributed by atoms with Crippen molar-refractivity contribution in [2.24, 2.45) is 0 Å².